The summed E-state index contributed by atoms with van der Waals surface area (Å²) in [5, 5.41) is 8.95. The molecule has 1 atom stereocenters. The van der Waals surface area contributed by atoms with Crippen molar-refractivity contribution >= 4 is 44.8 Å². The minimum atomic E-state index is -4.00. The molecule has 1 aromatic rings. The third-order valence-electron chi connectivity index (χ3n) is 2.37. The van der Waals surface area contributed by atoms with Crippen LogP contribution >= 0.6 is 22.9 Å². The molecule has 1 amide bonds. The lowest BCUT2D eigenvalue weighted by atomic mass is 10.2. The largest absolute Gasteiger partial charge is 0.480 e. The number of hydrogen-bond donors (Lipinski definition) is 3. The summed E-state index contributed by atoms with van der Waals surface area (Å²) < 4.78 is 26.3. The monoisotopic (exact) mass is 340 g/mol. The molecule has 0 spiro atoms. The van der Waals surface area contributed by atoms with E-state index in [2.05, 4.69) is 0 Å². The van der Waals surface area contributed by atoms with Gasteiger partial charge in [0.15, 0.2) is 0 Å². The number of carboxylic acid groups (broad SMARTS) is 1. The number of sulfonamides is 1. The van der Waals surface area contributed by atoms with Crippen molar-refractivity contribution in [3.8, 4) is 0 Å². The maximum atomic E-state index is 12.0. The Kier molecular flexibility index (Phi) is 5.51. The molecule has 20 heavy (non-hydrogen) atoms. The van der Waals surface area contributed by atoms with Crippen LogP contribution in [0.4, 0.5) is 0 Å². The van der Waals surface area contributed by atoms with Gasteiger partial charge in [-0.25, -0.2) is 8.42 Å². The van der Waals surface area contributed by atoms with Gasteiger partial charge in [-0.1, -0.05) is 11.6 Å². The first-order valence-electron chi connectivity index (χ1n) is 5.43. The van der Waals surface area contributed by atoms with Crippen molar-refractivity contribution in [3.63, 3.8) is 0 Å². The van der Waals surface area contributed by atoms with Crippen molar-refractivity contribution in [1.82, 2.24) is 4.72 Å². The van der Waals surface area contributed by atoms with Crippen molar-refractivity contribution in [2.24, 2.45) is 5.73 Å². The lowest BCUT2D eigenvalue weighted by Crippen LogP contribution is -2.41. The van der Waals surface area contributed by atoms with E-state index in [4.69, 9.17) is 22.4 Å². The van der Waals surface area contributed by atoms with E-state index >= 15 is 0 Å². The summed E-state index contributed by atoms with van der Waals surface area (Å²) in [7, 11) is -4.00. The van der Waals surface area contributed by atoms with Crippen molar-refractivity contribution < 1.29 is 23.1 Å². The Hall–Kier alpha value is -1.16. The summed E-state index contributed by atoms with van der Waals surface area (Å²) in [6.45, 7) is 1.64. The highest BCUT2D eigenvalue weighted by Crippen LogP contribution is 2.30. The molecule has 0 radical (unpaired) electrons. The van der Waals surface area contributed by atoms with E-state index in [-0.39, 0.29) is 17.1 Å². The number of thiophene rings is 1. The van der Waals surface area contributed by atoms with Crippen LogP contribution in [-0.2, 0) is 19.6 Å². The number of rotatable bonds is 7. The van der Waals surface area contributed by atoms with Crippen LogP contribution in [-0.4, -0.2) is 31.4 Å². The van der Waals surface area contributed by atoms with Crippen LogP contribution in [0.25, 0.3) is 0 Å². The Labute approximate surface area is 124 Å². The fraction of sp³-hybridized carbons (Fsp3) is 0.400. The Morgan fingerprint density at radius 3 is 2.55 bits per heavy atom. The summed E-state index contributed by atoms with van der Waals surface area (Å²) in [5.41, 5.74) is 5.50. The molecule has 1 aromatic heterocycles. The molecule has 1 rings (SSSR count). The van der Waals surface area contributed by atoms with Crippen molar-refractivity contribution in [3.05, 3.63) is 16.0 Å². The number of carbonyl (C=O) groups is 2. The highest BCUT2D eigenvalue weighted by molar-refractivity contribution is 7.91. The number of halogens is 1. The van der Waals surface area contributed by atoms with Crippen LogP contribution < -0.4 is 10.5 Å². The molecule has 0 aromatic carbocycles. The lowest BCUT2D eigenvalue weighted by Gasteiger charge is -2.12. The highest BCUT2D eigenvalue weighted by Gasteiger charge is 2.27. The van der Waals surface area contributed by atoms with Crippen molar-refractivity contribution in [1.29, 1.82) is 0 Å². The normalized spacial score (nSPS) is 13.1. The Balaban J connectivity index is 2.91. The SMILES string of the molecule is Cc1cc(S(=O)(=O)NC(CCC(N)=O)C(=O)O)sc1Cl. The van der Waals surface area contributed by atoms with Gasteiger partial charge in [0.25, 0.3) is 10.0 Å². The molecule has 4 N–H and O–H groups in total. The molecule has 0 aliphatic rings. The van der Waals surface area contributed by atoms with Gasteiger partial charge in [0.1, 0.15) is 10.3 Å². The third kappa shape index (κ3) is 4.44. The van der Waals surface area contributed by atoms with Crippen LogP contribution in [0.3, 0.4) is 0 Å². The number of carboxylic acids is 1. The number of carbonyl (C=O) groups excluding carboxylic acids is 1. The second-order valence-electron chi connectivity index (χ2n) is 4.04. The predicted octanol–water partition coefficient (Wildman–Crippen LogP) is 0.707. The average Bonchev–Trinajstić information content (AvgIpc) is 2.65. The Morgan fingerprint density at radius 1 is 1.55 bits per heavy atom. The van der Waals surface area contributed by atoms with Crippen molar-refractivity contribution in [2.45, 2.75) is 30.0 Å². The van der Waals surface area contributed by atoms with Crippen LogP contribution in [0.2, 0.25) is 4.34 Å². The number of amides is 1. The molecule has 0 saturated carbocycles. The fourth-order valence-corrected chi connectivity index (χ4v) is 4.28. The van der Waals surface area contributed by atoms with E-state index in [0.717, 1.165) is 11.3 Å². The zero-order chi connectivity index (χ0) is 15.5. The molecule has 0 aliphatic carbocycles. The van der Waals surface area contributed by atoms with E-state index in [0.29, 0.717) is 9.90 Å². The van der Waals surface area contributed by atoms with Gasteiger partial charge in [-0.15, -0.1) is 11.3 Å². The lowest BCUT2D eigenvalue weighted by molar-refractivity contribution is -0.139. The minimum Gasteiger partial charge on any atom is -0.480 e. The van der Waals surface area contributed by atoms with Gasteiger partial charge >= 0.3 is 5.97 Å². The Morgan fingerprint density at radius 2 is 2.15 bits per heavy atom. The number of aliphatic carboxylic acids is 1. The Bertz CT molecular complexity index is 606. The summed E-state index contributed by atoms with van der Waals surface area (Å²) >= 11 is 6.62. The molecular formula is C10H13ClN2O5S2. The summed E-state index contributed by atoms with van der Waals surface area (Å²) in [4.78, 5) is 21.6. The molecule has 0 aliphatic heterocycles. The predicted molar refractivity (Wildman–Crippen MR) is 74.2 cm³/mol. The van der Waals surface area contributed by atoms with Gasteiger partial charge in [0.05, 0.1) is 4.34 Å². The summed E-state index contributed by atoms with van der Waals surface area (Å²) in [6, 6.07) is -0.0730. The van der Waals surface area contributed by atoms with Gasteiger partial charge in [-0.2, -0.15) is 4.72 Å². The van der Waals surface area contributed by atoms with Gasteiger partial charge < -0.3 is 10.8 Å². The van der Waals surface area contributed by atoms with Gasteiger partial charge in [0.2, 0.25) is 5.91 Å². The first-order chi connectivity index (χ1) is 9.13. The average molecular weight is 341 g/mol. The molecule has 0 bridgehead atoms. The van der Waals surface area contributed by atoms with Crippen LogP contribution in [0.15, 0.2) is 10.3 Å². The van der Waals surface area contributed by atoms with Crippen LogP contribution in [0.5, 0.6) is 0 Å². The maximum Gasteiger partial charge on any atom is 0.321 e. The molecule has 0 saturated heterocycles. The van der Waals surface area contributed by atoms with E-state index in [1.807, 2.05) is 4.72 Å². The number of nitrogens with two attached hydrogens (primary N) is 1. The van der Waals surface area contributed by atoms with E-state index < -0.39 is 27.9 Å². The number of aryl methyl sites for hydroxylation is 1. The fourth-order valence-electron chi connectivity index (χ4n) is 1.33. The second-order valence-corrected chi connectivity index (χ2v) is 7.63. The van der Waals surface area contributed by atoms with Crippen LogP contribution in [0.1, 0.15) is 18.4 Å². The third-order valence-corrected chi connectivity index (χ3v) is 5.87. The zero-order valence-electron chi connectivity index (χ0n) is 10.4. The maximum absolute atomic E-state index is 12.0. The number of nitrogens with one attached hydrogen (secondary N) is 1. The topological polar surface area (TPSA) is 127 Å². The summed E-state index contributed by atoms with van der Waals surface area (Å²) in [5.74, 6) is -2.08. The second kappa shape index (κ2) is 6.53. The molecule has 0 fully saturated rings. The van der Waals surface area contributed by atoms with Gasteiger partial charge in [-0.3, -0.25) is 9.59 Å². The molecule has 1 unspecified atom stereocenters. The van der Waals surface area contributed by atoms with E-state index in [1.54, 1.807) is 6.92 Å². The smallest absolute Gasteiger partial charge is 0.321 e. The summed E-state index contributed by atoms with van der Waals surface area (Å²) in [6.07, 6.45) is -0.453. The molecular weight excluding hydrogens is 328 g/mol. The zero-order valence-corrected chi connectivity index (χ0v) is 12.8. The van der Waals surface area contributed by atoms with Crippen molar-refractivity contribution in [2.75, 3.05) is 0 Å². The molecule has 1 heterocycles. The first-order valence-corrected chi connectivity index (χ1v) is 8.10. The standard InChI is InChI=1S/C10H13ClN2O5S2/c1-5-4-8(19-9(5)11)20(17,18)13-6(10(15)16)2-3-7(12)14/h4,6,13H,2-3H2,1H3,(H2,12,14)(H,15,16). The van der Waals surface area contributed by atoms with E-state index in [9.17, 15) is 18.0 Å². The quantitative estimate of drug-likeness (QED) is 0.673. The van der Waals surface area contributed by atoms with Gasteiger partial charge in [-0.05, 0) is 25.0 Å². The highest BCUT2D eigenvalue weighted by atomic mass is 35.5. The molecule has 112 valence electrons. The number of hydrogen-bond acceptors (Lipinski definition) is 5. The van der Waals surface area contributed by atoms with Crippen LogP contribution in [0, 0.1) is 6.92 Å². The van der Waals surface area contributed by atoms with E-state index in [1.165, 1.54) is 6.07 Å². The molecule has 10 heteroatoms. The first kappa shape index (κ1) is 16.9. The molecule has 7 nitrogen and oxygen atoms in total. The number of primary amides is 1. The van der Waals surface area contributed by atoms with Gasteiger partial charge in [0, 0.05) is 6.42 Å². The minimum absolute atomic E-state index is 0.0784.